The van der Waals surface area contributed by atoms with E-state index in [0.717, 1.165) is 30.6 Å². The molecule has 0 aromatic heterocycles. The molecule has 2 aliphatic rings. The van der Waals surface area contributed by atoms with E-state index in [4.69, 9.17) is 14.2 Å². The lowest BCUT2D eigenvalue weighted by atomic mass is 9.74. The molecule has 0 bridgehead atoms. The number of carbonyl (C=O) groups is 1. The molecule has 2 fully saturated rings. The number of hydrogen-bond donors (Lipinski definition) is 1. The third kappa shape index (κ3) is 5.30. The molecule has 2 aromatic rings. The van der Waals surface area contributed by atoms with Crippen molar-refractivity contribution in [1.82, 2.24) is 5.32 Å². The Balaban J connectivity index is 1.53. The van der Waals surface area contributed by atoms with E-state index >= 15 is 0 Å². The van der Waals surface area contributed by atoms with Gasteiger partial charge >= 0.3 is 0 Å². The summed E-state index contributed by atoms with van der Waals surface area (Å²) in [5.41, 5.74) is 2.13. The molecule has 2 saturated heterocycles. The minimum absolute atomic E-state index is 0.0973. The molecule has 2 aliphatic heterocycles. The average molecular weight is 442 g/mol. The van der Waals surface area contributed by atoms with E-state index in [-0.39, 0.29) is 11.7 Å². The fourth-order valence-electron chi connectivity index (χ4n) is 4.78. The minimum atomic E-state index is -0.502. The number of benzene rings is 2. The summed E-state index contributed by atoms with van der Waals surface area (Å²) in [5, 5.41) is 3.21. The molecule has 2 aromatic carbocycles. The van der Waals surface area contributed by atoms with E-state index < -0.39 is 5.41 Å². The first-order valence-electron chi connectivity index (χ1n) is 11.5. The number of carbonyl (C=O) groups excluding carboxylic acids is 1. The second kappa shape index (κ2) is 10.5. The van der Waals surface area contributed by atoms with Crippen molar-refractivity contribution >= 4 is 5.91 Å². The van der Waals surface area contributed by atoms with E-state index in [2.05, 4.69) is 5.32 Å². The Bertz CT molecular complexity index is 920. The van der Waals surface area contributed by atoms with Crippen molar-refractivity contribution in [2.75, 3.05) is 40.1 Å². The Labute approximate surface area is 189 Å². The van der Waals surface area contributed by atoms with Gasteiger partial charge in [0.25, 0.3) is 0 Å². The summed E-state index contributed by atoms with van der Waals surface area (Å²) in [4.78, 5) is 13.4. The van der Waals surface area contributed by atoms with Crippen LogP contribution < -0.4 is 10.1 Å². The van der Waals surface area contributed by atoms with Gasteiger partial charge in [0.05, 0.1) is 19.1 Å². The van der Waals surface area contributed by atoms with Gasteiger partial charge in [-0.3, -0.25) is 4.79 Å². The van der Waals surface area contributed by atoms with Crippen LogP contribution in [0.25, 0.3) is 11.1 Å². The number of nitrogens with one attached hydrogen (secondary N) is 1. The predicted molar refractivity (Wildman–Crippen MR) is 121 cm³/mol. The quantitative estimate of drug-likeness (QED) is 0.693. The molecule has 4 rings (SSSR count). The maximum atomic E-state index is 13.9. The third-order valence-corrected chi connectivity index (χ3v) is 6.68. The zero-order valence-corrected chi connectivity index (χ0v) is 18.7. The molecule has 1 atom stereocenters. The Morgan fingerprint density at radius 2 is 2.00 bits per heavy atom. The summed E-state index contributed by atoms with van der Waals surface area (Å²) < 4.78 is 30.5. The van der Waals surface area contributed by atoms with Gasteiger partial charge in [-0.15, -0.1) is 0 Å². The SMILES string of the molecule is COc1ccc(F)cc1-c1cccc(CC2(C(=O)NC[C@@H]3CCCOC3)CCOCC2)c1. The van der Waals surface area contributed by atoms with Crippen LogP contribution >= 0.6 is 0 Å². The van der Waals surface area contributed by atoms with Crippen molar-refractivity contribution in [2.24, 2.45) is 11.3 Å². The van der Waals surface area contributed by atoms with Gasteiger partial charge in [-0.1, -0.05) is 24.3 Å². The lowest BCUT2D eigenvalue weighted by Crippen LogP contribution is -2.47. The highest BCUT2D eigenvalue weighted by atomic mass is 19.1. The molecule has 6 heteroatoms. The molecule has 0 radical (unpaired) electrons. The highest BCUT2D eigenvalue weighted by molar-refractivity contribution is 5.83. The predicted octanol–water partition coefficient (Wildman–Crippen LogP) is 4.38. The van der Waals surface area contributed by atoms with E-state index in [1.807, 2.05) is 24.3 Å². The largest absolute Gasteiger partial charge is 0.496 e. The standard InChI is InChI=1S/C26H32FNO4/c1-30-24-8-7-22(27)15-23(24)21-6-2-4-19(14-21)16-26(9-12-31-13-10-26)25(29)28-17-20-5-3-11-32-18-20/h2,4,6-8,14-15,20H,3,5,9-13,16-18H2,1H3,(H,28,29)/t20-/m0/s1. The topological polar surface area (TPSA) is 56.8 Å². The Hall–Kier alpha value is -2.44. The third-order valence-electron chi connectivity index (χ3n) is 6.68. The van der Waals surface area contributed by atoms with Crippen LogP contribution in [0.3, 0.4) is 0 Å². The number of rotatable bonds is 7. The molecule has 1 N–H and O–H groups in total. The van der Waals surface area contributed by atoms with E-state index in [9.17, 15) is 9.18 Å². The number of ether oxygens (including phenoxy) is 3. The zero-order chi connectivity index (χ0) is 22.4. The van der Waals surface area contributed by atoms with Gasteiger partial charge in [0, 0.05) is 31.9 Å². The highest BCUT2D eigenvalue weighted by Gasteiger charge is 2.40. The van der Waals surface area contributed by atoms with Gasteiger partial charge < -0.3 is 19.5 Å². The minimum Gasteiger partial charge on any atom is -0.496 e. The molecule has 0 saturated carbocycles. The molecule has 32 heavy (non-hydrogen) atoms. The molecule has 0 unspecified atom stereocenters. The summed E-state index contributed by atoms with van der Waals surface area (Å²) in [6.45, 7) is 3.35. The zero-order valence-electron chi connectivity index (χ0n) is 18.7. The Morgan fingerprint density at radius 3 is 2.75 bits per heavy atom. The monoisotopic (exact) mass is 441 g/mol. The highest BCUT2D eigenvalue weighted by Crippen LogP contribution is 2.37. The van der Waals surface area contributed by atoms with Crippen molar-refractivity contribution < 1.29 is 23.4 Å². The van der Waals surface area contributed by atoms with Crippen LogP contribution in [0.1, 0.15) is 31.2 Å². The summed E-state index contributed by atoms with van der Waals surface area (Å²) in [6, 6.07) is 12.5. The fraction of sp³-hybridized carbons (Fsp3) is 0.500. The van der Waals surface area contributed by atoms with Crippen molar-refractivity contribution in [3.8, 4) is 16.9 Å². The van der Waals surface area contributed by atoms with Crippen LogP contribution in [-0.2, 0) is 20.7 Å². The molecular weight excluding hydrogens is 409 g/mol. The van der Waals surface area contributed by atoms with Gasteiger partial charge in [-0.25, -0.2) is 4.39 Å². The Morgan fingerprint density at radius 1 is 1.16 bits per heavy atom. The van der Waals surface area contributed by atoms with Crippen LogP contribution in [0.15, 0.2) is 42.5 Å². The van der Waals surface area contributed by atoms with Crippen LogP contribution in [-0.4, -0.2) is 46.0 Å². The van der Waals surface area contributed by atoms with Crippen LogP contribution in [0.2, 0.25) is 0 Å². The maximum absolute atomic E-state index is 13.9. The Kier molecular flexibility index (Phi) is 7.43. The van der Waals surface area contributed by atoms with Crippen LogP contribution in [0.5, 0.6) is 5.75 Å². The molecule has 0 spiro atoms. The van der Waals surface area contributed by atoms with Gasteiger partial charge in [-0.05, 0) is 67.3 Å². The summed E-state index contributed by atoms with van der Waals surface area (Å²) >= 11 is 0. The molecule has 0 aliphatic carbocycles. The van der Waals surface area contributed by atoms with E-state index in [0.29, 0.717) is 62.9 Å². The van der Waals surface area contributed by atoms with Gasteiger partial charge in [0.15, 0.2) is 0 Å². The molecule has 5 nitrogen and oxygen atoms in total. The summed E-state index contributed by atoms with van der Waals surface area (Å²) in [6.07, 6.45) is 4.14. The molecular formula is C26H32FNO4. The fourth-order valence-corrected chi connectivity index (χ4v) is 4.78. The lowest BCUT2D eigenvalue weighted by molar-refractivity contribution is -0.137. The second-order valence-electron chi connectivity index (χ2n) is 8.91. The van der Waals surface area contributed by atoms with E-state index in [1.54, 1.807) is 13.2 Å². The first-order chi connectivity index (χ1) is 15.6. The first-order valence-corrected chi connectivity index (χ1v) is 11.5. The number of methoxy groups -OCH3 is 1. The second-order valence-corrected chi connectivity index (χ2v) is 8.91. The van der Waals surface area contributed by atoms with Crippen molar-refractivity contribution in [1.29, 1.82) is 0 Å². The lowest BCUT2D eigenvalue weighted by Gasteiger charge is -2.36. The summed E-state index contributed by atoms with van der Waals surface area (Å²) in [5.74, 6) is 0.795. The van der Waals surface area contributed by atoms with Gasteiger partial charge in [0.1, 0.15) is 11.6 Å². The normalized spacial score (nSPS) is 20.5. The van der Waals surface area contributed by atoms with Crippen LogP contribution in [0.4, 0.5) is 4.39 Å². The van der Waals surface area contributed by atoms with Crippen LogP contribution in [0, 0.1) is 17.2 Å². The smallest absolute Gasteiger partial charge is 0.226 e. The average Bonchev–Trinajstić information content (AvgIpc) is 2.84. The van der Waals surface area contributed by atoms with Gasteiger partial charge in [0.2, 0.25) is 5.91 Å². The maximum Gasteiger partial charge on any atom is 0.226 e. The molecule has 1 amide bonds. The van der Waals surface area contributed by atoms with E-state index in [1.165, 1.54) is 12.1 Å². The molecule has 172 valence electrons. The van der Waals surface area contributed by atoms with Crippen molar-refractivity contribution in [3.63, 3.8) is 0 Å². The van der Waals surface area contributed by atoms with Crippen molar-refractivity contribution in [2.45, 2.75) is 32.1 Å². The first kappa shape index (κ1) is 22.7. The van der Waals surface area contributed by atoms with Gasteiger partial charge in [-0.2, -0.15) is 0 Å². The number of halogens is 1. The molecule has 2 heterocycles. The number of amides is 1. The summed E-state index contributed by atoms with van der Waals surface area (Å²) in [7, 11) is 1.58. The van der Waals surface area contributed by atoms with Crippen molar-refractivity contribution in [3.05, 3.63) is 53.8 Å². The number of hydrogen-bond acceptors (Lipinski definition) is 4.